The van der Waals surface area contributed by atoms with Gasteiger partial charge in [0.25, 0.3) is 0 Å². The molecule has 6 heteroatoms. The van der Waals surface area contributed by atoms with Crippen LogP contribution < -0.4 is 0 Å². The van der Waals surface area contributed by atoms with E-state index in [1.807, 2.05) is 0 Å². The van der Waals surface area contributed by atoms with Crippen molar-refractivity contribution in [2.75, 3.05) is 6.54 Å². The molecule has 1 aromatic heterocycles. The lowest BCUT2D eigenvalue weighted by Crippen LogP contribution is -2.40. The number of nitrogens with zero attached hydrogens (tertiary/aromatic N) is 3. The van der Waals surface area contributed by atoms with Gasteiger partial charge in [-0.2, -0.15) is 5.10 Å². The van der Waals surface area contributed by atoms with Crippen molar-refractivity contribution < 1.29 is 9.90 Å². The van der Waals surface area contributed by atoms with E-state index in [2.05, 4.69) is 43.6 Å². The first-order chi connectivity index (χ1) is 9.56. The van der Waals surface area contributed by atoms with E-state index in [4.69, 9.17) is 5.11 Å². The summed E-state index contributed by atoms with van der Waals surface area (Å²) >= 11 is 3.49. The molecule has 0 amide bonds. The number of halogens is 1. The van der Waals surface area contributed by atoms with E-state index in [1.54, 1.807) is 0 Å². The van der Waals surface area contributed by atoms with E-state index < -0.39 is 5.97 Å². The molecule has 3 unspecified atom stereocenters. The van der Waals surface area contributed by atoms with Crippen LogP contribution >= 0.6 is 15.9 Å². The average molecular weight is 338 g/mol. The number of aliphatic carboxylic acids is 1. The normalized spacial score (nSPS) is 31.7. The molecule has 4 rings (SSSR count). The molecule has 0 aromatic carbocycles. The van der Waals surface area contributed by atoms with Crippen molar-refractivity contribution >= 4 is 21.9 Å². The summed E-state index contributed by atoms with van der Waals surface area (Å²) in [5, 5.41) is 13.5. The smallest absolute Gasteiger partial charge is 0.311 e. The molecule has 1 aliphatic heterocycles. The highest BCUT2D eigenvalue weighted by Gasteiger charge is 2.54. The van der Waals surface area contributed by atoms with Gasteiger partial charge in [-0.15, -0.1) is 0 Å². The predicted octanol–water partition coefficient (Wildman–Crippen LogP) is 1.80. The molecular formula is C14H16BrN3O2. The monoisotopic (exact) mass is 337 g/mol. The van der Waals surface area contributed by atoms with Crippen LogP contribution in [-0.2, 0) is 17.9 Å². The number of hydrogen-bond donors (Lipinski definition) is 1. The minimum Gasteiger partial charge on any atom is -0.481 e. The zero-order chi connectivity index (χ0) is 14.0. The zero-order valence-electron chi connectivity index (χ0n) is 11.2. The van der Waals surface area contributed by atoms with Crippen molar-refractivity contribution in [3.05, 3.63) is 27.5 Å². The highest BCUT2D eigenvalue weighted by molar-refractivity contribution is 9.10. The standard InChI is InChI=1S/C14H16BrN3O2/c1-7-11-6-17(2-3-18(11)16-13(7)15)8-4-9-10(5-8)12(9)14(19)20/h4,8,10,12H,2-3,5-6H2,1H3,(H,19,20). The number of carboxylic acids is 1. The van der Waals surface area contributed by atoms with Crippen LogP contribution in [0, 0.1) is 18.8 Å². The minimum absolute atomic E-state index is 0.183. The van der Waals surface area contributed by atoms with Crippen molar-refractivity contribution in [3.8, 4) is 0 Å². The lowest BCUT2D eigenvalue weighted by molar-refractivity contribution is -0.138. The van der Waals surface area contributed by atoms with Crippen molar-refractivity contribution in [1.29, 1.82) is 0 Å². The molecule has 1 N–H and O–H groups in total. The fourth-order valence-corrected chi connectivity index (χ4v) is 4.10. The lowest BCUT2D eigenvalue weighted by Gasteiger charge is -2.33. The second-order valence-electron chi connectivity index (χ2n) is 5.95. The number of aromatic nitrogens is 2. The number of carbonyl (C=O) groups is 1. The van der Waals surface area contributed by atoms with Gasteiger partial charge in [-0.1, -0.05) is 11.6 Å². The van der Waals surface area contributed by atoms with E-state index in [0.717, 1.165) is 36.2 Å². The molecule has 0 bridgehead atoms. The molecule has 3 aliphatic rings. The summed E-state index contributed by atoms with van der Waals surface area (Å²) < 4.78 is 3.02. The Balaban J connectivity index is 1.52. The number of hydrogen-bond acceptors (Lipinski definition) is 3. The molecule has 0 saturated heterocycles. The largest absolute Gasteiger partial charge is 0.481 e. The van der Waals surface area contributed by atoms with E-state index in [-0.39, 0.29) is 5.92 Å². The maximum Gasteiger partial charge on any atom is 0.311 e. The molecule has 2 heterocycles. The summed E-state index contributed by atoms with van der Waals surface area (Å²) in [6.07, 6.45) is 3.17. The molecular weight excluding hydrogens is 322 g/mol. The highest BCUT2D eigenvalue weighted by atomic mass is 79.9. The van der Waals surface area contributed by atoms with Gasteiger partial charge in [-0.3, -0.25) is 14.4 Å². The Morgan fingerprint density at radius 1 is 1.50 bits per heavy atom. The third-order valence-corrected chi connectivity index (χ3v) is 5.66. The van der Waals surface area contributed by atoms with Gasteiger partial charge in [0.15, 0.2) is 0 Å². The Hall–Kier alpha value is -1.14. The molecule has 1 aromatic rings. The van der Waals surface area contributed by atoms with Crippen molar-refractivity contribution in [2.45, 2.75) is 32.5 Å². The molecule has 1 saturated carbocycles. The van der Waals surface area contributed by atoms with Gasteiger partial charge in [0.2, 0.25) is 0 Å². The SMILES string of the molecule is Cc1c(Br)nn2c1CN(C1C=C3C(C1)C3C(=O)O)CC2. The van der Waals surface area contributed by atoms with Crippen LogP contribution in [0.25, 0.3) is 0 Å². The zero-order valence-corrected chi connectivity index (χ0v) is 12.8. The highest BCUT2D eigenvalue weighted by Crippen LogP contribution is 2.54. The minimum atomic E-state index is -0.656. The molecule has 5 nitrogen and oxygen atoms in total. The van der Waals surface area contributed by atoms with E-state index in [9.17, 15) is 4.79 Å². The second kappa shape index (κ2) is 4.18. The molecule has 106 valence electrons. The van der Waals surface area contributed by atoms with Crippen molar-refractivity contribution in [3.63, 3.8) is 0 Å². The Labute approximate surface area is 125 Å². The van der Waals surface area contributed by atoms with Gasteiger partial charge < -0.3 is 5.11 Å². The summed E-state index contributed by atoms with van der Waals surface area (Å²) in [5.74, 6) is -0.536. The quantitative estimate of drug-likeness (QED) is 0.836. The van der Waals surface area contributed by atoms with Crippen LogP contribution in [0.1, 0.15) is 17.7 Å². The molecule has 3 atom stereocenters. The molecule has 0 radical (unpaired) electrons. The summed E-state index contributed by atoms with van der Waals surface area (Å²) in [7, 11) is 0. The van der Waals surface area contributed by atoms with Gasteiger partial charge in [-0.05, 0) is 35.2 Å². The van der Waals surface area contributed by atoms with Crippen LogP contribution in [-0.4, -0.2) is 38.3 Å². The maximum atomic E-state index is 11.0. The van der Waals surface area contributed by atoms with Crippen LogP contribution in [0.3, 0.4) is 0 Å². The van der Waals surface area contributed by atoms with E-state index in [0.29, 0.717) is 12.0 Å². The fourth-order valence-electron chi connectivity index (χ4n) is 3.68. The summed E-state index contributed by atoms with van der Waals surface area (Å²) in [4.78, 5) is 13.5. The van der Waals surface area contributed by atoms with Crippen LogP contribution in [0.4, 0.5) is 0 Å². The summed E-state index contributed by atoms with van der Waals surface area (Å²) in [6, 6.07) is 0.410. The van der Waals surface area contributed by atoms with Gasteiger partial charge in [-0.25, -0.2) is 0 Å². The Bertz CT molecular complexity index is 637. The first kappa shape index (κ1) is 12.6. The molecule has 20 heavy (non-hydrogen) atoms. The molecule has 2 aliphatic carbocycles. The first-order valence-corrected chi connectivity index (χ1v) is 7.76. The Morgan fingerprint density at radius 2 is 2.30 bits per heavy atom. The van der Waals surface area contributed by atoms with Gasteiger partial charge in [0, 0.05) is 24.7 Å². The van der Waals surface area contributed by atoms with E-state index >= 15 is 0 Å². The topological polar surface area (TPSA) is 58.4 Å². The number of fused-ring (bicyclic) bond motifs is 2. The third-order valence-electron chi connectivity index (χ3n) is 4.91. The lowest BCUT2D eigenvalue weighted by atomic mass is 10.1. The second-order valence-corrected chi connectivity index (χ2v) is 6.70. The van der Waals surface area contributed by atoms with Crippen molar-refractivity contribution in [1.82, 2.24) is 14.7 Å². The third kappa shape index (κ3) is 1.71. The van der Waals surface area contributed by atoms with Crippen LogP contribution in [0.15, 0.2) is 16.3 Å². The fraction of sp³-hybridized carbons (Fsp3) is 0.571. The Kier molecular flexibility index (Phi) is 2.63. The van der Waals surface area contributed by atoms with Gasteiger partial charge >= 0.3 is 5.97 Å². The van der Waals surface area contributed by atoms with E-state index in [1.165, 1.54) is 11.3 Å². The molecule has 1 fully saturated rings. The maximum absolute atomic E-state index is 11.0. The first-order valence-electron chi connectivity index (χ1n) is 6.96. The summed E-state index contributed by atoms with van der Waals surface area (Å²) in [5.41, 5.74) is 3.64. The molecule has 0 spiro atoms. The van der Waals surface area contributed by atoms with Gasteiger partial charge in [0.05, 0.1) is 18.2 Å². The Morgan fingerprint density at radius 3 is 2.95 bits per heavy atom. The van der Waals surface area contributed by atoms with Crippen LogP contribution in [0.2, 0.25) is 0 Å². The van der Waals surface area contributed by atoms with Crippen molar-refractivity contribution in [2.24, 2.45) is 11.8 Å². The predicted molar refractivity (Wildman–Crippen MR) is 76.2 cm³/mol. The van der Waals surface area contributed by atoms with Crippen LogP contribution in [0.5, 0.6) is 0 Å². The summed E-state index contributed by atoms with van der Waals surface area (Å²) in [6.45, 7) is 4.90. The average Bonchev–Trinajstić information content (AvgIpc) is 2.79. The number of carboxylic acid groups (broad SMARTS) is 1. The van der Waals surface area contributed by atoms with Gasteiger partial charge in [0.1, 0.15) is 4.60 Å². The number of rotatable bonds is 2.